The SMILES string of the molecule is CC.CC(C)N1CCCN(C(C)C)[C@@H](C)C1.CC1CCN(C(C)C)CCN1C. The van der Waals surface area contributed by atoms with Gasteiger partial charge in [-0.3, -0.25) is 14.7 Å². The first-order valence-electron chi connectivity index (χ1n) is 12.1. The Morgan fingerprint density at radius 2 is 1.21 bits per heavy atom. The predicted octanol–water partition coefficient (Wildman–Crippen LogP) is 4.65. The highest BCUT2D eigenvalue weighted by molar-refractivity contribution is 4.80. The van der Waals surface area contributed by atoms with Gasteiger partial charge in [0.2, 0.25) is 0 Å². The summed E-state index contributed by atoms with van der Waals surface area (Å²) in [5.74, 6) is 0. The molecule has 0 aromatic heterocycles. The maximum atomic E-state index is 2.63. The Hall–Kier alpha value is -0.160. The van der Waals surface area contributed by atoms with E-state index in [9.17, 15) is 0 Å². The zero-order valence-corrected chi connectivity index (χ0v) is 21.3. The summed E-state index contributed by atoms with van der Waals surface area (Å²) in [4.78, 5) is 10.3. The molecular weight excluding hydrogens is 344 g/mol. The van der Waals surface area contributed by atoms with Crippen molar-refractivity contribution in [2.45, 2.75) is 112 Å². The highest BCUT2D eigenvalue weighted by Gasteiger charge is 2.24. The lowest BCUT2D eigenvalue weighted by molar-refractivity contribution is 0.145. The summed E-state index contributed by atoms with van der Waals surface area (Å²) in [6.07, 6.45) is 2.63. The molecule has 0 N–H and O–H groups in total. The van der Waals surface area contributed by atoms with Gasteiger partial charge >= 0.3 is 0 Å². The molecule has 2 aliphatic heterocycles. The maximum absolute atomic E-state index is 2.63. The third kappa shape index (κ3) is 10.0. The fourth-order valence-corrected chi connectivity index (χ4v) is 4.16. The summed E-state index contributed by atoms with van der Waals surface area (Å²) in [7, 11) is 2.23. The molecule has 4 nitrogen and oxygen atoms in total. The fraction of sp³-hybridized carbons (Fsp3) is 1.00. The summed E-state index contributed by atoms with van der Waals surface area (Å²) >= 11 is 0. The highest BCUT2D eigenvalue weighted by atomic mass is 15.3. The molecule has 0 amide bonds. The van der Waals surface area contributed by atoms with E-state index < -0.39 is 0 Å². The Bertz CT molecular complexity index is 358. The van der Waals surface area contributed by atoms with Crippen LogP contribution in [0.1, 0.15) is 82.1 Å². The van der Waals surface area contributed by atoms with Gasteiger partial charge in [-0.2, -0.15) is 0 Å². The van der Waals surface area contributed by atoms with Gasteiger partial charge in [-0.25, -0.2) is 0 Å². The second-order valence-electron chi connectivity index (χ2n) is 9.37. The Labute approximate surface area is 178 Å². The van der Waals surface area contributed by atoms with Crippen LogP contribution in [0.4, 0.5) is 0 Å². The molecule has 4 heteroatoms. The lowest BCUT2D eigenvalue weighted by atomic mass is 10.2. The minimum absolute atomic E-state index is 0.692. The van der Waals surface area contributed by atoms with E-state index in [2.05, 4.69) is 82.0 Å². The van der Waals surface area contributed by atoms with E-state index in [4.69, 9.17) is 0 Å². The number of nitrogens with zero attached hydrogens (tertiary/aromatic N) is 4. The zero-order valence-electron chi connectivity index (χ0n) is 21.3. The second kappa shape index (κ2) is 14.8. The highest BCUT2D eigenvalue weighted by Crippen LogP contribution is 2.14. The largest absolute Gasteiger partial charge is 0.302 e. The molecule has 0 aromatic rings. The topological polar surface area (TPSA) is 13.0 Å². The quantitative estimate of drug-likeness (QED) is 0.686. The van der Waals surface area contributed by atoms with Crippen LogP contribution in [-0.2, 0) is 0 Å². The molecule has 0 saturated carbocycles. The van der Waals surface area contributed by atoms with Crippen LogP contribution in [-0.4, -0.2) is 96.1 Å². The van der Waals surface area contributed by atoms with Gasteiger partial charge in [0.05, 0.1) is 0 Å². The normalized spacial score (nSPS) is 26.4. The Kier molecular flexibility index (Phi) is 14.7. The first kappa shape index (κ1) is 27.8. The molecule has 2 atom stereocenters. The number of rotatable bonds is 3. The molecule has 170 valence electrons. The van der Waals surface area contributed by atoms with Crippen LogP contribution in [0.3, 0.4) is 0 Å². The van der Waals surface area contributed by atoms with Crippen LogP contribution in [0, 0.1) is 0 Å². The van der Waals surface area contributed by atoms with Gasteiger partial charge in [0.1, 0.15) is 0 Å². The van der Waals surface area contributed by atoms with E-state index >= 15 is 0 Å². The lowest BCUT2D eigenvalue weighted by Crippen LogP contribution is -2.44. The number of hydrogen-bond donors (Lipinski definition) is 0. The van der Waals surface area contributed by atoms with Crippen LogP contribution in [0.5, 0.6) is 0 Å². The Morgan fingerprint density at radius 3 is 1.71 bits per heavy atom. The van der Waals surface area contributed by atoms with Crippen LogP contribution >= 0.6 is 0 Å². The van der Waals surface area contributed by atoms with Crippen molar-refractivity contribution in [2.24, 2.45) is 0 Å². The van der Waals surface area contributed by atoms with Crippen LogP contribution in [0.25, 0.3) is 0 Å². The van der Waals surface area contributed by atoms with Crippen molar-refractivity contribution >= 4 is 0 Å². The average molecular weight is 399 g/mol. The molecule has 0 bridgehead atoms. The third-order valence-electron chi connectivity index (χ3n) is 6.38. The molecule has 2 fully saturated rings. The Morgan fingerprint density at radius 1 is 0.643 bits per heavy atom. The van der Waals surface area contributed by atoms with E-state index in [-0.39, 0.29) is 0 Å². The molecule has 28 heavy (non-hydrogen) atoms. The van der Waals surface area contributed by atoms with E-state index in [0.29, 0.717) is 24.2 Å². The first-order chi connectivity index (χ1) is 13.1. The van der Waals surface area contributed by atoms with Gasteiger partial charge in [-0.15, -0.1) is 0 Å². The van der Waals surface area contributed by atoms with Crippen molar-refractivity contribution < 1.29 is 0 Å². The van der Waals surface area contributed by atoms with Crippen LogP contribution in [0.15, 0.2) is 0 Å². The van der Waals surface area contributed by atoms with E-state index in [0.717, 1.165) is 6.04 Å². The zero-order chi connectivity index (χ0) is 21.9. The molecule has 0 aliphatic carbocycles. The van der Waals surface area contributed by atoms with E-state index in [1.807, 2.05) is 13.8 Å². The molecule has 0 spiro atoms. The second-order valence-corrected chi connectivity index (χ2v) is 9.37. The van der Waals surface area contributed by atoms with Crippen LogP contribution in [0.2, 0.25) is 0 Å². The van der Waals surface area contributed by atoms with Crippen molar-refractivity contribution in [3.63, 3.8) is 0 Å². The molecule has 0 aromatic carbocycles. The molecule has 2 heterocycles. The summed E-state index contributed by atoms with van der Waals surface area (Å²) < 4.78 is 0. The molecular formula is C24H54N4. The van der Waals surface area contributed by atoms with E-state index in [1.165, 1.54) is 52.1 Å². The molecule has 2 rings (SSSR count). The van der Waals surface area contributed by atoms with Gasteiger partial charge in [0.25, 0.3) is 0 Å². The Balaban J connectivity index is 0.000000483. The fourth-order valence-electron chi connectivity index (χ4n) is 4.16. The lowest BCUT2D eigenvalue weighted by Gasteiger charge is -2.33. The van der Waals surface area contributed by atoms with Crippen molar-refractivity contribution in [1.82, 2.24) is 19.6 Å². The van der Waals surface area contributed by atoms with Gasteiger partial charge in [0.15, 0.2) is 0 Å². The molecule has 2 saturated heterocycles. The monoisotopic (exact) mass is 398 g/mol. The minimum atomic E-state index is 0.692. The average Bonchev–Trinajstić information content (AvgIpc) is 2.94. The van der Waals surface area contributed by atoms with Crippen LogP contribution < -0.4 is 0 Å². The number of hydrogen-bond acceptors (Lipinski definition) is 4. The van der Waals surface area contributed by atoms with Crippen molar-refractivity contribution in [1.29, 1.82) is 0 Å². The maximum Gasteiger partial charge on any atom is 0.0197 e. The van der Waals surface area contributed by atoms with Gasteiger partial charge in [0, 0.05) is 49.8 Å². The summed E-state index contributed by atoms with van der Waals surface area (Å²) in [5, 5.41) is 0. The standard InChI is InChI=1S/C12H26N2.C10H22N2.C2H6/c1-10(2)13-7-6-8-14(11(3)4)12(5)9-13;1-9(2)12-6-5-10(3)11(4)7-8-12;1-2/h10-12H,6-9H2,1-5H3;9-10H,5-8H2,1-4H3;1-2H3/t12-;;/m0../s1. The van der Waals surface area contributed by atoms with Gasteiger partial charge in [-0.05, 0) is 94.9 Å². The van der Waals surface area contributed by atoms with Gasteiger partial charge in [-0.1, -0.05) is 13.8 Å². The smallest absolute Gasteiger partial charge is 0.0197 e. The first-order valence-corrected chi connectivity index (χ1v) is 12.1. The summed E-state index contributed by atoms with van der Waals surface area (Å²) in [6.45, 7) is 30.0. The molecule has 2 aliphatic rings. The number of likely N-dealkylation sites (N-methyl/N-ethyl adjacent to an activating group) is 1. The summed E-state index contributed by atoms with van der Waals surface area (Å²) in [6, 6.07) is 3.57. The third-order valence-corrected chi connectivity index (χ3v) is 6.38. The van der Waals surface area contributed by atoms with Crippen molar-refractivity contribution in [3.05, 3.63) is 0 Å². The minimum Gasteiger partial charge on any atom is -0.302 e. The predicted molar refractivity (Wildman–Crippen MR) is 127 cm³/mol. The summed E-state index contributed by atoms with van der Waals surface area (Å²) in [5.41, 5.74) is 0. The van der Waals surface area contributed by atoms with Crippen molar-refractivity contribution in [2.75, 3.05) is 46.3 Å². The molecule has 1 unspecified atom stereocenters. The molecule has 0 radical (unpaired) electrons. The van der Waals surface area contributed by atoms with E-state index in [1.54, 1.807) is 0 Å². The van der Waals surface area contributed by atoms with Gasteiger partial charge < -0.3 is 4.90 Å². The van der Waals surface area contributed by atoms with Crippen molar-refractivity contribution in [3.8, 4) is 0 Å².